The van der Waals surface area contributed by atoms with E-state index in [1.807, 2.05) is 11.8 Å². The molecule has 67 valence electrons. The molecule has 0 aliphatic carbocycles. The summed E-state index contributed by atoms with van der Waals surface area (Å²) < 4.78 is 11.2. The molecule has 1 unspecified atom stereocenters. The third-order valence-electron chi connectivity index (χ3n) is 1.07. The van der Waals surface area contributed by atoms with Gasteiger partial charge in [0, 0.05) is 10.5 Å². The Morgan fingerprint density at radius 2 is 2.00 bits per heavy atom. The van der Waals surface area contributed by atoms with Crippen molar-refractivity contribution in [3.05, 3.63) is 6.92 Å². The minimum atomic E-state index is -0.694. The summed E-state index contributed by atoms with van der Waals surface area (Å²) >= 11 is 1.16. The highest BCUT2D eigenvalue weighted by Crippen LogP contribution is 2.22. The van der Waals surface area contributed by atoms with Crippen molar-refractivity contribution in [3.63, 3.8) is 0 Å². The van der Waals surface area contributed by atoms with Gasteiger partial charge in [0.2, 0.25) is 0 Å². The Bertz CT molecular complexity index is 98.8. The van der Waals surface area contributed by atoms with E-state index >= 15 is 0 Å². The van der Waals surface area contributed by atoms with E-state index in [0.29, 0.717) is 10.5 Å². The minimum Gasteiger partial charge on any atom is -0.616 e. The smallest absolute Gasteiger partial charge is 0.114 e. The van der Waals surface area contributed by atoms with Gasteiger partial charge in [0.25, 0.3) is 0 Å². The van der Waals surface area contributed by atoms with Crippen LogP contribution in [0.1, 0.15) is 20.8 Å². The van der Waals surface area contributed by atoms with Crippen LogP contribution >= 0.6 is 11.8 Å². The Labute approximate surface area is 77.5 Å². The molecule has 0 rings (SSSR count). The van der Waals surface area contributed by atoms with Crippen LogP contribution in [0.25, 0.3) is 0 Å². The Hall–Kier alpha value is 0.660. The highest BCUT2D eigenvalue weighted by molar-refractivity contribution is 8.01. The Balaban J connectivity index is 3.28. The van der Waals surface area contributed by atoms with Gasteiger partial charge in [0.05, 0.1) is 0 Å². The molecule has 0 heterocycles. The lowest BCUT2D eigenvalue weighted by atomic mass is 10.3. The number of rotatable bonds is 4. The highest BCUT2D eigenvalue weighted by atomic mass is 32.2. The van der Waals surface area contributed by atoms with Crippen molar-refractivity contribution in [1.29, 1.82) is 0 Å². The van der Waals surface area contributed by atoms with Crippen LogP contribution in [0, 0.1) is 6.92 Å². The zero-order chi connectivity index (χ0) is 8.91. The van der Waals surface area contributed by atoms with Crippen LogP contribution in [0.2, 0.25) is 0 Å². The van der Waals surface area contributed by atoms with Gasteiger partial charge in [-0.2, -0.15) is 11.8 Å². The molecule has 0 fully saturated rings. The van der Waals surface area contributed by atoms with Gasteiger partial charge in [-0.3, -0.25) is 0 Å². The van der Waals surface area contributed by atoms with Crippen molar-refractivity contribution in [2.24, 2.45) is 0 Å². The van der Waals surface area contributed by atoms with Crippen molar-refractivity contribution in [2.75, 3.05) is 17.3 Å². The summed E-state index contributed by atoms with van der Waals surface area (Å²) in [4.78, 5) is 0. The largest absolute Gasteiger partial charge is 0.616 e. The van der Waals surface area contributed by atoms with E-state index in [4.69, 9.17) is 0 Å². The fourth-order valence-electron chi connectivity index (χ4n) is 0.543. The van der Waals surface area contributed by atoms with Crippen LogP contribution in [0.5, 0.6) is 0 Å². The van der Waals surface area contributed by atoms with E-state index in [1.54, 1.807) is 0 Å². The quantitative estimate of drug-likeness (QED) is 0.638. The van der Waals surface area contributed by atoms with Crippen LogP contribution < -0.4 is 0 Å². The molecule has 11 heavy (non-hydrogen) atoms. The summed E-state index contributed by atoms with van der Waals surface area (Å²) in [5, 5.41) is 0. The second-order valence-electron chi connectivity index (χ2n) is 3.31. The number of hydrogen-bond acceptors (Lipinski definition) is 2. The molecule has 0 bridgehead atoms. The molecule has 0 saturated carbocycles. The molecule has 0 aliphatic rings. The maximum atomic E-state index is 10.9. The second kappa shape index (κ2) is 5.33. The second-order valence-corrected chi connectivity index (χ2v) is 6.93. The van der Waals surface area contributed by atoms with E-state index < -0.39 is 11.2 Å². The van der Waals surface area contributed by atoms with E-state index in [2.05, 4.69) is 27.7 Å². The third-order valence-corrected chi connectivity index (χ3v) is 3.72. The standard InChI is InChI=1S/C8H17OS2/c1-5-11(9)7-6-10-8(2,3)4/h1,5-7H2,2-4H3. The molecule has 1 radical (unpaired) electrons. The van der Waals surface area contributed by atoms with E-state index in [9.17, 15) is 4.55 Å². The number of hydrogen-bond donors (Lipinski definition) is 0. The van der Waals surface area contributed by atoms with Crippen LogP contribution in [0.4, 0.5) is 0 Å². The van der Waals surface area contributed by atoms with Crippen molar-refractivity contribution in [2.45, 2.75) is 25.5 Å². The van der Waals surface area contributed by atoms with Gasteiger partial charge in [-0.15, -0.1) is 0 Å². The topological polar surface area (TPSA) is 23.1 Å². The average molecular weight is 193 g/mol. The first-order valence-corrected chi connectivity index (χ1v) is 6.21. The third kappa shape index (κ3) is 8.57. The van der Waals surface area contributed by atoms with Crippen molar-refractivity contribution < 1.29 is 4.55 Å². The molecule has 0 N–H and O–H groups in total. The first-order valence-electron chi connectivity index (χ1n) is 3.74. The van der Waals surface area contributed by atoms with Crippen LogP contribution in [-0.2, 0) is 11.2 Å². The Kier molecular flexibility index (Phi) is 5.65. The SMILES string of the molecule is [CH2]C[S+]([O-])CCSC(C)(C)C. The molecule has 0 amide bonds. The Morgan fingerprint density at radius 3 is 2.36 bits per heavy atom. The molecule has 1 nitrogen and oxygen atoms in total. The van der Waals surface area contributed by atoms with Gasteiger partial charge in [-0.1, -0.05) is 31.9 Å². The average Bonchev–Trinajstić information content (AvgIpc) is 1.85. The number of thioether (sulfide) groups is 1. The van der Waals surface area contributed by atoms with Crippen molar-refractivity contribution in [3.8, 4) is 0 Å². The maximum Gasteiger partial charge on any atom is 0.114 e. The molecular formula is C8H17OS2. The predicted octanol–water partition coefficient (Wildman–Crippen LogP) is 2.10. The summed E-state index contributed by atoms with van der Waals surface area (Å²) in [7, 11) is 0. The fraction of sp³-hybridized carbons (Fsp3) is 0.875. The lowest BCUT2D eigenvalue weighted by molar-refractivity contribution is 0.599. The summed E-state index contributed by atoms with van der Waals surface area (Å²) in [5.41, 5.74) is 0. The molecule has 0 aromatic carbocycles. The molecule has 0 aliphatic heterocycles. The van der Waals surface area contributed by atoms with Crippen molar-refractivity contribution >= 4 is 22.9 Å². The zero-order valence-electron chi connectivity index (χ0n) is 7.55. The normalized spacial score (nSPS) is 15.0. The van der Waals surface area contributed by atoms with Crippen LogP contribution in [0.15, 0.2) is 0 Å². The fourth-order valence-corrected chi connectivity index (χ4v) is 2.44. The molecule has 0 aromatic rings. The summed E-state index contributed by atoms with van der Waals surface area (Å²) in [6, 6.07) is 0. The predicted molar refractivity (Wildman–Crippen MR) is 55.4 cm³/mol. The van der Waals surface area contributed by atoms with Gasteiger partial charge in [-0.05, 0) is 6.92 Å². The van der Waals surface area contributed by atoms with E-state index in [1.165, 1.54) is 0 Å². The molecule has 0 spiro atoms. The van der Waals surface area contributed by atoms with Gasteiger partial charge >= 0.3 is 0 Å². The van der Waals surface area contributed by atoms with Crippen LogP contribution in [0.3, 0.4) is 0 Å². The lowest BCUT2D eigenvalue weighted by Crippen LogP contribution is -2.15. The first-order chi connectivity index (χ1) is 4.95. The minimum absolute atomic E-state index is 0.297. The molecular weight excluding hydrogens is 176 g/mol. The molecule has 3 heteroatoms. The van der Waals surface area contributed by atoms with Gasteiger partial charge in [0.15, 0.2) is 0 Å². The highest BCUT2D eigenvalue weighted by Gasteiger charge is 2.11. The van der Waals surface area contributed by atoms with Crippen molar-refractivity contribution in [1.82, 2.24) is 0 Å². The van der Waals surface area contributed by atoms with Gasteiger partial charge in [0.1, 0.15) is 11.5 Å². The molecule has 1 atom stereocenters. The van der Waals surface area contributed by atoms with Gasteiger partial charge in [-0.25, -0.2) is 0 Å². The summed E-state index contributed by atoms with van der Waals surface area (Å²) in [6.45, 7) is 10.1. The summed E-state index contributed by atoms with van der Waals surface area (Å²) in [5.74, 6) is 2.31. The Morgan fingerprint density at radius 1 is 1.45 bits per heavy atom. The monoisotopic (exact) mass is 193 g/mol. The van der Waals surface area contributed by atoms with E-state index in [0.717, 1.165) is 11.5 Å². The van der Waals surface area contributed by atoms with Crippen LogP contribution in [-0.4, -0.2) is 26.6 Å². The molecule has 0 saturated heterocycles. The zero-order valence-corrected chi connectivity index (χ0v) is 9.19. The summed E-state index contributed by atoms with van der Waals surface area (Å²) in [6.07, 6.45) is 0. The van der Waals surface area contributed by atoms with Gasteiger partial charge < -0.3 is 4.55 Å². The lowest BCUT2D eigenvalue weighted by Gasteiger charge is -2.17. The maximum absolute atomic E-state index is 10.9. The first kappa shape index (κ1) is 11.7. The van der Waals surface area contributed by atoms with E-state index in [-0.39, 0.29) is 0 Å². The molecule has 0 aromatic heterocycles.